The summed E-state index contributed by atoms with van der Waals surface area (Å²) >= 11 is 1.41. The van der Waals surface area contributed by atoms with Crippen LogP contribution in [0.25, 0.3) is 10.2 Å². The predicted molar refractivity (Wildman–Crippen MR) is 91.9 cm³/mol. The van der Waals surface area contributed by atoms with Crippen LogP contribution in [0.3, 0.4) is 0 Å². The maximum atomic E-state index is 12.4. The van der Waals surface area contributed by atoms with Crippen LogP contribution in [0.5, 0.6) is 0 Å². The van der Waals surface area contributed by atoms with Crippen LogP contribution in [0.15, 0.2) is 0 Å². The summed E-state index contributed by atoms with van der Waals surface area (Å²) in [6, 6.07) is 0. The number of nitrogens with one attached hydrogen (secondary N) is 2. The number of aryl methyl sites for hydroxylation is 3. The zero-order valence-corrected chi connectivity index (χ0v) is 14.8. The Bertz CT molecular complexity index is 739. The highest BCUT2D eigenvalue weighted by Crippen LogP contribution is 2.31. The third-order valence-electron chi connectivity index (χ3n) is 3.55. The first-order valence-corrected chi connectivity index (χ1v) is 8.55. The number of nitrogens with zero attached hydrogens (tertiary/aromatic N) is 2. The van der Waals surface area contributed by atoms with Crippen LogP contribution in [0.4, 0.5) is 0 Å². The number of rotatable bonds is 6. The summed E-state index contributed by atoms with van der Waals surface area (Å²) in [4.78, 5) is 33.7. The van der Waals surface area contributed by atoms with Gasteiger partial charge in [-0.3, -0.25) is 9.59 Å². The van der Waals surface area contributed by atoms with Crippen LogP contribution in [-0.2, 0) is 11.2 Å². The normalized spacial score (nSPS) is 10.8. The Morgan fingerprint density at radius 1 is 1.13 bits per heavy atom. The summed E-state index contributed by atoms with van der Waals surface area (Å²) in [5.41, 5.74) is 1.86. The van der Waals surface area contributed by atoms with E-state index in [0.717, 1.165) is 33.7 Å². The lowest BCUT2D eigenvalue weighted by atomic mass is 10.1. The van der Waals surface area contributed by atoms with Crippen molar-refractivity contribution in [3.8, 4) is 0 Å². The van der Waals surface area contributed by atoms with Crippen molar-refractivity contribution >= 4 is 33.4 Å². The zero-order valence-electron chi connectivity index (χ0n) is 13.9. The topological polar surface area (TPSA) is 84.0 Å². The first-order chi connectivity index (χ1) is 10.9. The number of amides is 2. The van der Waals surface area contributed by atoms with Gasteiger partial charge in [0.2, 0.25) is 5.91 Å². The Morgan fingerprint density at radius 3 is 2.48 bits per heavy atom. The van der Waals surface area contributed by atoms with Crippen LogP contribution in [-0.4, -0.2) is 34.9 Å². The summed E-state index contributed by atoms with van der Waals surface area (Å²) in [5, 5.41) is 6.58. The van der Waals surface area contributed by atoms with Gasteiger partial charge in [-0.05, 0) is 25.8 Å². The van der Waals surface area contributed by atoms with E-state index in [2.05, 4.69) is 20.6 Å². The second kappa shape index (κ2) is 7.50. The number of fused-ring (bicyclic) bond motifs is 1. The van der Waals surface area contributed by atoms with Gasteiger partial charge in [0, 0.05) is 37.5 Å². The molecule has 7 heteroatoms. The molecule has 0 radical (unpaired) electrons. The minimum absolute atomic E-state index is 0.0579. The molecule has 0 spiro atoms. The maximum absolute atomic E-state index is 12.4. The Balaban J connectivity index is 2.10. The predicted octanol–water partition coefficient (Wildman–Crippen LogP) is 2.13. The molecule has 0 atom stereocenters. The fraction of sp³-hybridized carbons (Fsp3) is 0.500. The van der Waals surface area contributed by atoms with Gasteiger partial charge in [0.05, 0.1) is 4.88 Å². The molecular formula is C16H22N4O2S. The molecule has 2 aromatic heterocycles. The minimum atomic E-state index is -0.0919. The van der Waals surface area contributed by atoms with E-state index < -0.39 is 0 Å². The van der Waals surface area contributed by atoms with Gasteiger partial charge in [-0.25, -0.2) is 9.97 Å². The number of hydrogen-bond acceptors (Lipinski definition) is 5. The van der Waals surface area contributed by atoms with Crippen LogP contribution >= 0.6 is 11.3 Å². The Kier molecular flexibility index (Phi) is 5.65. The molecule has 2 aromatic rings. The molecule has 2 N–H and O–H groups in total. The second-order valence-corrected chi connectivity index (χ2v) is 6.41. The third kappa shape index (κ3) is 4.04. The van der Waals surface area contributed by atoms with E-state index >= 15 is 0 Å². The van der Waals surface area contributed by atoms with Crippen molar-refractivity contribution in [2.24, 2.45) is 0 Å². The number of aromatic nitrogens is 2. The van der Waals surface area contributed by atoms with Gasteiger partial charge in [0.1, 0.15) is 10.7 Å². The summed E-state index contributed by atoms with van der Waals surface area (Å²) in [6.45, 7) is 8.48. The van der Waals surface area contributed by atoms with Gasteiger partial charge in [-0.1, -0.05) is 6.92 Å². The average Bonchev–Trinajstić information content (AvgIpc) is 2.83. The molecule has 2 amide bonds. The van der Waals surface area contributed by atoms with Gasteiger partial charge in [0.15, 0.2) is 0 Å². The molecule has 23 heavy (non-hydrogen) atoms. The quantitative estimate of drug-likeness (QED) is 0.793. The van der Waals surface area contributed by atoms with E-state index in [-0.39, 0.29) is 11.8 Å². The SMILES string of the molecule is CCc1nc(C)c2c(C)c(C(=O)NCCCNC(C)=O)sc2n1. The van der Waals surface area contributed by atoms with Crippen LogP contribution in [0, 0.1) is 13.8 Å². The van der Waals surface area contributed by atoms with Crippen LogP contribution < -0.4 is 10.6 Å². The lowest BCUT2D eigenvalue weighted by molar-refractivity contribution is -0.118. The molecular weight excluding hydrogens is 312 g/mol. The van der Waals surface area contributed by atoms with E-state index in [1.165, 1.54) is 18.3 Å². The van der Waals surface area contributed by atoms with Gasteiger partial charge in [-0.15, -0.1) is 11.3 Å². The minimum Gasteiger partial charge on any atom is -0.356 e. The van der Waals surface area contributed by atoms with Crippen molar-refractivity contribution in [3.63, 3.8) is 0 Å². The molecule has 0 aliphatic rings. The molecule has 0 aliphatic carbocycles. The van der Waals surface area contributed by atoms with Gasteiger partial charge in [0.25, 0.3) is 5.91 Å². The fourth-order valence-electron chi connectivity index (χ4n) is 2.40. The molecule has 6 nitrogen and oxygen atoms in total. The molecule has 0 unspecified atom stereocenters. The molecule has 0 aliphatic heterocycles. The summed E-state index contributed by atoms with van der Waals surface area (Å²) in [5.74, 6) is 0.654. The van der Waals surface area contributed by atoms with E-state index in [0.29, 0.717) is 24.4 Å². The Morgan fingerprint density at radius 2 is 1.83 bits per heavy atom. The second-order valence-electron chi connectivity index (χ2n) is 5.41. The third-order valence-corrected chi connectivity index (χ3v) is 4.74. The van der Waals surface area contributed by atoms with E-state index in [1.54, 1.807) is 0 Å². The molecule has 0 aromatic carbocycles. The smallest absolute Gasteiger partial charge is 0.261 e. The summed E-state index contributed by atoms with van der Waals surface area (Å²) in [7, 11) is 0. The lowest BCUT2D eigenvalue weighted by Gasteiger charge is -2.05. The lowest BCUT2D eigenvalue weighted by Crippen LogP contribution is -2.28. The van der Waals surface area contributed by atoms with E-state index in [1.807, 2.05) is 20.8 Å². The first kappa shape index (κ1) is 17.3. The van der Waals surface area contributed by atoms with Crippen molar-refractivity contribution in [1.29, 1.82) is 0 Å². The summed E-state index contributed by atoms with van der Waals surface area (Å²) < 4.78 is 0. The molecule has 124 valence electrons. The van der Waals surface area contributed by atoms with Crippen LogP contribution in [0.1, 0.15) is 47.0 Å². The van der Waals surface area contributed by atoms with Crippen molar-refractivity contribution in [1.82, 2.24) is 20.6 Å². The van der Waals surface area contributed by atoms with E-state index in [4.69, 9.17) is 0 Å². The first-order valence-electron chi connectivity index (χ1n) is 7.73. The van der Waals surface area contributed by atoms with Gasteiger partial charge < -0.3 is 10.6 Å². The molecule has 2 rings (SSSR count). The number of hydrogen-bond donors (Lipinski definition) is 2. The standard InChI is InChI=1S/C16H22N4O2S/c1-5-12-19-10(3)13-9(2)14(23-16(13)20-12)15(22)18-8-6-7-17-11(4)21/h5-8H2,1-4H3,(H,17,21)(H,18,22). The molecule has 0 saturated carbocycles. The van der Waals surface area contributed by atoms with Crippen molar-refractivity contribution in [2.75, 3.05) is 13.1 Å². The highest BCUT2D eigenvalue weighted by molar-refractivity contribution is 7.20. The highest BCUT2D eigenvalue weighted by Gasteiger charge is 2.18. The van der Waals surface area contributed by atoms with Crippen molar-refractivity contribution in [2.45, 2.75) is 40.5 Å². The molecule has 0 saturated heterocycles. The molecule has 0 fully saturated rings. The summed E-state index contributed by atoms with van der Waals surface area (Å²) in [6.07, 6.45) is 1.48. The maximum Gasteiger partial charge on any atom is 0.261 e. The largest absolute Gasteiger partial charge is 0.356 e. The molecule has 2 heterocycles. The van der Waals surface area contributed by atoms with Crippen molar-refractivity contribution < 1.29 is 9.59 Å². The highest BCUT2D eigenvalue weighted by atomic mass is 32.1. The van der Waals surface area contributed by atoms with Crippen molar-refractivity contribution in [3.05, 3.63) is 22.0 Å². The average molecular weight is 334 g/mol. The number of carbonyl (C=O) groups excluding carboxylic acids is 2. The van der Waals surface area contributed by atoms with Gasteiger partial charge >= 0.3 is 0 Å². The van der Waals surface area contributed by atoms with Crippen LogP contribution in [0.2, 0.25) is 0 Å². The Labute approximate surface area is 139 Å². The fourth-order valence-corrected chi connectivity index (χ4v) is 3.57. The number of thiophene rings is 1. The zero-order chi connectivity index (χ0) is 17.0. The molecule has 0 bridgehead atoms. The Hall–Kier alpha value is -2.02. The number of carbonyl (C=O) groups is 2. The van der Waals surface area contributed by atoms with E-state index in [9.17, 15) is 9.59 Å². The van der Waals surface area contributed by atoms with Gasteiger partial charge in [-0.2, -0.15) is 0 Å². The monoisotopic (exact) mass is 334 g/mol.